The molecule has 2 aromatic rings. The molecule has 1 saturated heterocycles. The van der Waals surface area contributed by atoms with E-state index in [1.807, 2.05) is 30.9 Å². The molecule has 8 heteroatoms. The Labute approximate surface area is 224 Å². The number of benzene rings is 1. The molecule has 0 bridgehead atoms. The van der Waals surface area contributed by atoms with Crippen LogP contribution in [0.1, 0.15) is 69.9 Å². The molecule has 2 heterocycles. The number of hydrogen-bond donors (Lipinski definition) is 0. The van der Waals surface area contributed by atoms with Gasteiger partial charge in [-0.2, -0.15) is 0 Å². The fourth-order valence-electron chi connectivity index (χ4n) is 4.34. The molecular formula is C22H30KN3O3S. The summed E-state index contributed by atoms with van der Waals surface area (Å²) in [5.41, 5.74) is 1.11. The van der Waals surface area contributed by atoms with Gasteiger partial charge in [-0.15, -0.1) is 0 Å². The molecule has 1 amide bonds. The summed E-state index contributed by atoms with van der Waals surface area (Å²) >= 11 is -2.20. The zero-order valence-electron chi connectivity index (χ0n) is 18.2. The maximum absolute atomic E-state index is 12.4. The molecule has 0 aliphatic carbocycles. The molecule has 3 rings (SSSR count). The summed E-state index contributed by atoms with van der Waals surface area (Å²) in [6.07, 6.45) is 11.1. The van der Waals surface area contributed by atoms with Crippen molar-refractivity contribution in [2.75, 3.05) is 6.54 Å². The molecule has 30 heavy (non-hydrogen) atoms. The summed E-state index contributed by atoms with van der Waals surface area (Å²) in [4.78, 5) is 19.0. The molecule has 1 aromatic carbocycles. The van der Waals surface area contributed by atoms with Gasteiger partial charge in [0.25, 0.3) is 0 Å². The van der Waals surface area contributed by atoms with Crippen LogP contribution in [0.4, 0.5) is 0 Å². The quantitative estimate of drug-likeness (QED) is 0.396. The third kappa shape index (κ3) is 6.82. The average molecular weight is 456 g/mol. The molecule has 4 atom stereocenters. The maximum atomic E-state index is 12.4. The molecule has 1 aromatic heterocycles. The van der Waals surface area contributed by atoms with Gasteiger partial charge in [-0.05, 0) is 66.8 Å². The minimum Gasteiger partial charge on any atom is -0.768 e. The van der Waals surface area contributed by atoms with Gasteiger partial charge < -0.3 is 14.0 Å². The number of likely N-dealkylation sites (tertiary alicyclic amines) is 1. The summed E-state index contributed by atoms with van der Waals surface area (Å²) in [6, 6.07) is 7.66. The molecule has 0 saturated carbocycles. The Morgan fingerprint density at radius 2 is 1.90 bits per heavy atom. The van der Waals surface area contributed by atoms with E-state index in [-0.39, 0.29) is 69.3 Å². The van der Waals surface area contributed by atoms with Crippen LogP contribution in [0.15, 0.2) is 47.9 Å². The van der Waals surface area contributed by atoms with Gasteiger partial charge in [-0.3, -0.25) is 9.00 Å². The van der Waals surface area contributed by atoms with Gasteiger partial charge in [0.1, 0.15) is 0 Å². The van der Waals surface area contributed by atoms with Crippen molar-refractivity contribution in [2.24, 2.45) is 0 Å². The van der Waals surface area contributed by atoms with Crippen molar-refractivity contribution in [1.82, 2.24) is 14.5 Å². The normalized spacial score (nSPS) is 18.0. The van der Waals surface area contributed by atoms with Crippen molar-refractivity contribution in [3.8, 4) is 0 Å². The summed E-state index contributed by atoms with van der Waals surface area (Å²) < 4.78 is 24.3. The van der Waals surface area contributed by atoms with Gasteiger partial charge in [0, 0.05) is 42.3 Å². The van der Waals surface area contributed by atoms with E-state index in [1.165, 1.54) is 0 Å². The molecule has 1 aliphatic heterocycles. The predicted octanol–water partition coefficient (Wildman–Crippen LogP) is 1.04. The first-order valence-electron chi connectivity index (χ1n) is 10.5. The number of aromatic nitrogens is 2. The zero-order valence-corrected chi connectivity index (χ0v) is 22.1. The van der Waals surface area contributed by atoms with Crippen LogP contribution < -0.4 is 51.4 Å². The number of nitrogens with zero attached hydrogens (tertiary/aromatic N) is 3. The fourth-order valence-corrected chi connectivity index (χ4v) is 4.70. The SMILES string of the molecule is CCC(CCC(CC(C)c1ccc(S(=O)[O-])cc1)N1CCCC1=O)n1ccnc1.[K+]. The Kier molecular flexibility index (Phi) is 10.9. The van der Waals surface area contributed by atoms with Gasteiger partial charge in [0.2, 0.25) is 5.91 Å². The van der Waals surface area contributed by atoms with Crippen molar-refractivity contribution >= 4 is 17.0 Å². The molecule has 4 unspecified atom stereocenters. The van der Waals surface area contributed by atoms with E-state index in [1.54, 1.807) is 12.1 Å². The van der Waals surface area contributed by atoms with E-state index in [0.717, 1.165) is 44.2 Å². The van der Waals surface area contributed by atoms with Crippen LogP contribution in [0.5, 0.6) is 0 Å². The van der Waals surface area contributed by atoms with E-state index in [9.17, 15) is 13.6 Å². The average Bonchev–Trinajstić information content (AvgIpc) is 3.39. The van der Waals surface area contributed by atoms with Crippen LogP contribution in [0.3, 0.4) is 0 Å². The summed E-state index contributed by atoms with van der Waals surface area (Å²) in [5, 5.41) is 0. The standard InChI is InChI=1S/C22H31N3O3S.K/c1-3-19(24-14-12-23-16-24)8-9-20(25-13-4-5-22(25)26)15-17(2)18-6-10-21(11-7-18)29(27)28;/h6-7,10-12,14,16-17,19-20H,3-5,8-9,13,15H2,1-2H3,(H,27,28);/q;+1/p-1. The zero-order chi connectivity index (χ0) is 20.8. The number of carbonyl (C=O) groups is 1. The number of rotatable bonds is 10. The van der Waals surface area contributed by atoms with Gasteiger partial charge in [0.05, 0.1) is 6.33 Å². The fraction of sp³-hybridized carbons (Fsp3) is 0.545. The second-order valence-corrected chi connectivity index (χ2v) is 8.88. The molecule has 158 valence electrons. The second kappa shape index (κ2) is 12.6. The van der Waals surface area contributed by atoms with Crippen LogP contribution in [0.2, 0.25) is 0 Å². The number of amides is 1. The van der Waals surface area contributed by atoms with Gasteiger partial charge in [-0.1, -0.05) is 26.0 Å². The molecule has 0 spiro atoms. The van der Waals surface area contributed by atoms with Crippen molar-refractivity contribution in [1.29, 1.82) is 0 Å². The predicted molar refractivity (Wildman–Crippen MR) is 112 cm³/mol. The molecule has 0 N–H and O–H groups in total. The molecule has 6 nitrogen and oxygen atoms in total. The van der Waals surface area contributed by atoms with E-state index in [4.69, 9.17) is 0 Å². The van der Waals surface area contributed by atoms with Crippen molar-refractivity contribution in [3.63, 3.8) is 0 Å². The van der Waals surface area contributed by atoms with E-state index >= 15 is 0 Å². The third-order valence-electron chi connectivity index (χ3n) is 6.07. The summed E-state index contributed by atoms with van der Waals surface area (Å²) in [7, 11) is 0. The minimum absolute atomic E-state index is 0. The van der Waals surface area contributed by atoms with Crippen LogP contribution >= 0.6 is 0 Å². The molecule has 1 aliphatic rings. The topological polar surface area (TPSA) is 78.3 Å². The maximum Gasteiger partial charge on any atom is 1.00 e. The Bertz CT molecular complexity index is 814. The third-order valence-corrected chi connectivity index (χ3v) is 6.73. The van der Waals surface area contributed by atoms with Crippen molar-refractivity contribution in [3.05, 3.63) is 48.5 Å². The van der Waals surface area contributed by atoms with Gasteiger partial charge in [0.15, 0.2) is 0 Å². The van der Waals surface area contributed by atoms with E-state index in [0.29, 0.717) is 17.4 Å². The smallest absolute Gasteiger partial charge is 0.768 e. The van der Waals surface area contributed by atoms with Crippen LogP contribution in [0.25, 0.3) is 0 Å². The Morgan fingerprint density at radius 3 is 2.43 bits per heavy atom. The first kappa shape index (κ1) is 25.9. The molecule has 0 radical (unpaired) electrons. The molecular weight excluding hydrogens is 425 g/mol. The first-order valence-corrected chi connectivity index (χ1v) is 11.5. The van der Waals surface area contributed by atoms with E-state index < -0.39 is 11.1 Å². The Balaban J connectivity index is 0.00000320. The number of carbonyl (C=O) groups excluding carboxylic acids is 1. The Morgan fingerprint density at radius 1 is 1.20 bits per heavy atom. The van der Waals surface area contributed by atoms with Crippen molar-refractivity contribution in [2.45, 2.75) is 75.3 Å². The summed E-state index contributed by atoms with van der Waals surface area (Å²) in [6.45, 7) is 5.18. The van der Waals surface area contributed by atoms with E-state index in [2.05, 4.69) is 28.3 Å². The number of hydrogen-bond acceptors (Lipinski definition) is 4. The minimum atomic E-state index is -2.20. The van der Waals surface area contributed by atoms with Crippen molar-refractivity contribution < 1.29 is 64.9 Å². The van der Waals surface area contributed by atoms with Gasteiger partial charge >= 0.3 is 51.4 Å². The van der Waals surface area contributed by atoms with Gasteiger partial charge in [-0.25, -0.2) is 4.98 Å². The second-order valence-electron chi connectivity index (χ2n) is 7.93. The van der Waals surface area contributed by atoms with Crippen LogP contribution in [0, 0.1) is 0 Å². The Hall–Kier alpha value is -0.354. The summed E-state index contributed by atoms with van der Waals surface area (Å²) in [5.74, 6) is 0.505. The van der Waals surface area contributed by atoms with Crippen LogP contribution in [-0.4, -0.2) is 41.7 Å². The number of imidazole rings is 1. The largest absolute Gasteiger partial charge is 1.00 e. The first-order chi connectivity index (χ1) is 14.0. The monoisotopic (exact) mass is 455 g/mol. The van der Waals surface area contributed by atoms with Crippen LogP contribution in [-0.2, 0) is 15.9 Å². The molecule has 1 fully saturated rings.